The Labute approximate surface area is 98.8 Å². The summed E-state index contributed by atoms with van der Waals surface area (Å²) in [6.07, 6.45) is 0. The van der Waals surface area contributed by atoms with Crippen LogP contribution in [0.15, 0.2) is 18.2 Å². The third-order valence-electron chi connectivity index (χ3n) is 2.13. The highest BCUT2D eigenvalue weighted by molar-refractivity contribution is 5.98. The summed E-state index contributed by atoms with van der Waals surface area (Å²) in [5, 5.41) is 14.3. The van der Waals surface area contributed by atoms with Crippen molar-refractivity contribution in [2.24, 2.45) is 0 Å². The van der Waals surface area contributed by atoms with Gasteiger partial charge in [-0.15, -0.1) is 0 Å². The van der Waals surface area contributed by atoms with Gasteiger partial charge in [-0.25, -0.2) is 4.79 Å². The van der Waals surface area contributed by atoms with Crippen molar-refractivity contribution in [1.29, 1.82) is 0 Å². The number of benzene rings is 1. The number of para-hydroxylation sites is 1. The lowest BCUT2D eigenvalue weighted by molar-refractivity contribution is -0.119. The third-order valence-corrected chi connectivity index (χ3v) is 2.13. The lowest BCUT2D eigenvalue weighted by atomic mass is 10.1. The number of nitrogens with one attached hydrogen (secondary N) is 2. The van der Waals surface area contributed by atoms with E-state index in [-0.39, 0.29) is 23.7 Å². The van der Waals surface area contributed by atoms with Crippen LogP contribution in [0.5, 0.6) is 0 Å². The van der Waals surface area contributed by atoms with Gasteiger partial charge in [-0.1, -0.05) is 6.07 Å². The normalized spacial score (nSPS) is 9.71. The second-order valence-electron chi connectivity index (χ2n) is 3.38. The summed E-state index contributed by atoms with van der Waals surface area (Å²) >= 11 is 0. The van der Waals surface area contributed by atoms with E-state index < -0.39 is 5.97 Å². The molecule has 1 aromatic rings. The Morgan fingerprint density at radius 2 is 2.12 bits per heavy atom. The van der Waals surface area contributed by atoms with Crippen molar-refractivity contribution in [1.82, 2.24) is 5.32 Å². The van der Waals surface area contributed by atoms with Crippen LogP contribution in [0.2, 0.25) is 0 Å². The number of aromatic carboxylic acids is 1. The Morgan fingerprint density at radius 3 is 2.71 bits per heavy atom. The zero-order valence-corrected chi connectivity index (χ0v) is 9.49. The molecule has 1 aromatic carbocycles. The number of carboxylic acid groups (broad SMARTS) is 1. The molecule has 0 fully saturated rings. The number of anilines is 2. The third kappa shape index (κ3) is 3.37. The molecule has 1 rings (SSSR count). The van der Waals surface area contributed by atoms with E-state index in [2.05, 4.69) is 10.6 Å². The summed E-state index contributed by atoms with van der Waals surface area (Å²) in [5.74, 6) is -1.30. The largest absolute Gasteiger partial charge is 0.478 e. The van der Waals surface area contributed by atoms with Gasteiger partial charge in [0.25, 0.3) is 0 Å². The molecule has 0 saturated carbocycles. The lowest BCUT2D eigenvalue weighted by Crippen LogP contribution is -2.30. The highest BCUT2D eigenvalue weighted by atomic mass is 16.4. The maximum absolute atomic E-state index is 11.2. The van der Waals surface area contributed by atoms with E-state index in [0.29, 0.717) is 12.2 Å². The molecule has 1 amide bonds. The number of rotatable bonds is 5. The van der Waals surface area contributed by atoms with Gasteiger partial charge < -0.3 is 21.5 Å². The minimum absolute atomic E-state index is 0.0116. The molecule has 5 N–H and O–H groups in total. The van der Waals surface area contributed by atoms with E-state index in [9.17, 15) is 9.59 Å². The number of carbonyl (C=O) groups excluding carboxylic acids is 1. The van der Waals surface area contributed by atoms with E-state index >= 15 is 0 Å². The number of amides is 1. The predicted molar refractivity (Wildman–Crippen MR) is 65.0 cm³/mol. The van der Waals surface area contributed by atoms with Crippen LogP contribution >= 0.6 is 0 Å². The molecule has 0 unspecified atom stereocenters. The van der Waals surface area contributed by atoms with Crippen LogP contribution < -0.4 is 16.4 Å². The maximum atomic E-state index is 11.2. The molecule has 0 spiro atoms. The molecular formula is C11H15N3O3. The molecule has 92 valence electrons. The Balaban J connectivity index is 2.82. The number of nitrogen functional groups attached to an aromatic ring is 1. The molecule has 6 nitrogen and oxygen atoms in total. The van der Waals surface area contributed by atoms with Gasteiger partial charge in [0.2, 0.25) is 5.91 Å². The van der Waals surface area contributed by atoms with Gasteiger partial charge in [0.1, 0.15) is 0 Å². The van der Waals surface area contributed by atoms with Gasteiger partial charge in [-0.05, 0) is 19.1 Å². The average Bonchev–Trinajstić information content (AvgIpc) is 2.27. The first kappa shape index (κ1) is 12.8. The SMILES string of the molecule is CCNC(=O)CNc1c(N)cccc1C(=O)O. The van der Waals surface area contributed by atoms with Gasteiger partial charge in [0.05, 0.1) is 23.5 Å². The number of hydrogen-bond acceptors (Lipinski definition) is 4. The first-order chi connectivity index (χ1) is 8.06. The van der Waals surface area contributed by atoms with E-state index in [1.165, 1.54) is 6.07 Å². The van der Waals surface area contributed by atoms with Gasteiger partial charge in [0.15, 0.2) is 0 Å². The molecule has 0 radical (unpaired) electrons. The number of hydrogen-bond donors (Lipinski definition) is 4. The Morgan fingerprint density at radius 1 is 1.41 bits per heavy atom. The maximum Gasteiger partial charge on any atom is 0.337 e. The minimum atomic E-state index is -1.09. The van der Waals surface area contributed by atoms with Crippen LogP contribution in [0.25, 0.3) is 0 Å². The minimum Gasteiger partial charge on any atom is -0.478 e. The lowest BCUT2D eigenvalue weighted by Gasteiger charge is -2.11. The van der Waals surface area contributed by atoms with Gasteiger partial charge in [-0.3, -0.25) is 4.79 Å². The smallest absolute Gasteiger partial charge is 0.337 e. The van der Waals surface area contributed by atoms with Crippen LogP contribution in [-0.4, -0.2) is 30.1 Å². The number of carbonyl (C=O) groups is 2. The molecular weight excluding hydrogens is 222 g/mol. The fourth-order valence-electron chi connectivity index (χ4n) is 1.37. The molecule has 0 aliphatic heterocycles. The Hall–Kier alpha value is -2.24. The summed E-state index contributed by atoms with van der Waals surface area (Å²) in [6, 6.07) is 4.56. The first-order valence-electron chi connectivity index (χ1n) is 5.18. The second kappa shape index (κ2) is 5.74. The molecule has 0 bridgehead atoms. The van der Waals surface area contributed by atoms with Crippen LogP contribution in [-0.2, 0) is 4.79 Å². The molecule has 0 heterocycles. The molecule has 6 heteroatoms. The molecule has 17 heavy (non-hydrogen) atoms. The fourth-order valence-corrected chi connectivity index (χ4v) is 1.37. The summed E-state index contributed by atoms with van der Waals surface area (Å²) in [6.45, 7) is 2.32. The van der Waals surface area contributed by atoms with E-state index in [1.54, 1.807) is 19.1 Å². The topological polar surface area (TPSA) is 104 Å². The molecule has 0 aromatic heterocycles. The standard InChI is InChI=1S/C11H15N3O3/c1-2-13-9(15)6-14-10-7(11(16)17)4-3-5-8(10)12/h3-5,14H,2,6,12H2,1H3,(H,13,15)(H,16,17). The predicted octanol–water partition coefficient (Wildman–Crippen LogP) is 0.515. The van der Waals surface area contributed by atoms with Gasteiger partial charge in [0, 0.05) is 6.54 Å². The zero-order valence-electron chi connectivity index (χ0n) is 9.49. The van der Waals surface area contributed by atoms with Crippen LogP contribution in [0.3, 0.4) is 0 Å². The number of likely N-dealkylation sites (N-methyl/N-ethyl adjacent to an activating group) is 1. The van der Waals surface area contributed by atoms with Gasteiger partial charge in [-0.2, -0.15) is 0 Å². The van der Waals surface area contributed by atoms with Crippen LogP contribution in [0, 0.1) is 0 Å². The monoisotopic (exact) mass is 237 g/mol. The van der Waals surface area contributed by atoms with Crippen molar-refractivity contribution in [3.05, 3.63) is 23.8 Å². The Kier molecular flexibility index (Phi) is 4.33. The first-order valence-corrected chi connectivity index (χ1v) is 5.18. The highest BCUT2D eigenvalue weighted by Crippen LogP contribution is 2.23. The van der Waals surface area contributed by atoms with Crippen LogP contribution in [0.4, 0.5) is 11.4 Å². The van der Waals surface area contributed by atoms with Crippen molar-refractivity contribution < 1.29 is 14.7 Å². The van der Waals surface area contributed by atoms with Gasteiger partial charge >= 0.3 is 5.97 Å². The van der Waals surface area contributed by atoms with E-state index in [4.69, 9.17) is 10.8 Å². The number of carboxylic acids is 1. The molecule has 0 aliphatic rings. The summed E-state index contributed by atoms with van der Waals surface area (Å²) in [7, 11) is 0. The number of nitrogens with two attached hydrogens (primary N) is 1. The fraction of sp³-hybridized carbons (Fsp3) is 0.273. The van der Waals surface area contributed by atoms with Crippen molar-refractivity contribution in [2.75, 3.05) is 24.1 Å². The van der Waals surface area contributed by atoms with Crippen molar-refractivity contribution in [3.63, 3.8) is 0 Å². The molecule has 0 atom stereocenters. The quantitative estimate of drug-likeness (QED) is 0.559. The second-order valence-corrected chi connectivity index (χ2v) is 3.38. The van der Waals surface area contributed by atoms with Crippen LogP contribution in [0.1, 0.15) is 17.3 Å². The summed E-state index contributed by atoms with van der Waals surface area (Å²) in [4.78, 5) is 22.2. The molecule has 0 saturated heterocycles. The van der Waals surface area contributed by atoms with E-state index in [1.807, 2.05) is 0 Å². The summed E-state index contributed by atoms with van der Waals surface area (Å²) < 4.78 is 0. The van der Waals surface area contributed by atoms with Crippen molar-refractivity contribution >= 4 is 23.3 Å². The highest BCUT2D eigenvalue weighted by Gasteiger charge is 2.12. The van der Waals surface area contributed by atoms with E-state index in [0.717, 1.165) is 0 Å². The Bertz CT molecular complexity index is 432. The summed E-state index contributed by atoms with van der Waals surface area (Å²) in [5.41, 5.74) is 6.28. The van der Waals surface area contributed by atoms with Crippen molar-refractivity contribution in [3.8, 4) is 0 Å². The molecule has 0 aliphatic carbocycles. The zero-order chi connectivity index (χ0) is 12.8. The van der Waals surface area contributed by atoms with Crippen molar-refractivity contribution in [2.45, 2.75) is 6.92 Å². The average molecular weight is 237 g/mol.